The van der Waals surface area contributed by atoms with Crippen LogP contribution in [-0.2, 0) is 4.74 Å². The molecule has 0 radical (unpaired) electrons. The van der Waals surface area contributed by atoms with Gasteiger partial charge in [0.25, 0.3) is 0 Å². The van der Waals surface area contributed by atoms with Crippen LogP contribution < -0.4 is 5.32 Å². The Hall–Kier alpha value is -0.120. The van der Waals surface area contributed by atoms with E-state index in [-0.39, 0.29) is 0 Å². The fourth-order valence-corrected chi connectivity index (χ4v) is 1.96. The monoisotopic (exact) mass is 216 g/mol. The van der Waals surface area contributed by atoms with Crippen LogP contribution in [-0.4, -0.2) is 51.3 Å². The van der Waals surface area contributed by atoms with E-state index in [2.05, 4.69) is 38.0 Å². The maximum absolute atomic E-state index is 5.25. The van der Waals surface area contributed by atoms with Crippen molar-refractivity contribution in [3.63, 3.8) is 0 Å². The minimum atomic E-state index is 0.466. The van der Waals surface area contributed by atoms with E-state index in [1.54, 1.807) is 7.11 Å². The highest BCUT2D eigenvalue weighted by Gasteiger charge is 2.19. The van der Waals surface area contributed by atoms with E-state index in [0.29, 0.717) is 12.1 Å². The van der Waals surface area contributed by atoms with E-state index in [1.807, 2.05) is 7.05 Å². The molecular weight excluding hydrogens is 188 g/mol. The van der Waals surface area contributed by atoms with Crippen molar-refractivity contribution in [3.05, 3.63) is 0 Å². The fraction of sp³-hybridized carbons (Fsp3) is 1.00. The molecule has 92 valence electrons. The SMILES string of the molecule is CNCC(COC)N(C)C(C)CC(C)C. The highest BCUT2D eigenvalue weighted by molar-refractivity contribution is 4.75. The molecule has 0 aromatic heterocycles. The van der Waals surface area contributed by atoms with Gasteiger partial charge in [0.1, 0.15) is 0 Å². The van der Waals surface area contributed by atoms with Gasteiger partial charge in [-0.3, -0.25) is 4.90 Å². The minimum absolute atomic E-state index is 0.466. The molecule has 0 amide bonds. The van der Waals surface area contributed by atoms with E-state index in [9.17, 15) is 0 Å². The number of likely N-dealkylation sites (N-methyl/N-ethyl adjacent to an activating group) is 2. The van der Waals surface area contributed by atoms with Crippen molar-refractivity contribution in [1.29, 1.82) is 0 Å². The molecule has 0 aromatic carbocycles. The van der Waals surface area contributed by atoms with Crippen LogP contribution in [0, 0.1) is 5.92 Å². The first-order chi connectivity index (χ1) is 7.02. The third-order valence-electron chi connectivity index (χ3n) is 2.88. The van der Waals surface area contributed by atoms with Gasteiger partial charge < -0.3 is 10.1 Å². The van der Waals surface area contributed by atoms with Crippen LogP contribution in [0.4, 0.5) is 0 Å². The van der Waals surface area contributed by atoms with Crippen LogP contribution in [0.25, 0.3) is 0 Å². The summed E-state index contributed by atoms with van der Waals surface area (Å²) in [7, 11) is 5.95. The van der Waals surface area contributed by atoms with Gasteiger partial charge in [0.05, 0.1) is 6.61 Å². The number of rotatable bonds is 8. The number of hydrogen-bond donors (Lipinski definition) is 1. The molecule has 3 heteroatoms. The fourth-order valence-electron chi connectivity index (χ4n) is 1.96. The average molecular weight is 216 g/mol. The van der Waals surface area contributed by atoms with E-state index in [4.69, 9.17) is 4.74 Å². The summed E-state index contributed by atoms with van der Waals surface area (Å²) in [6, 6.07) is 1.08. The third kappa shape index (κ3) is 6.13. The zero-order valence-electron chi connectivity index (χ0n) is 11.2. The van der Waals surface area contributed by atoms with E-state index in [1.165, 1.54) is 6.42 Å². The number of hydrogen-bond acceptors (Lipinski definition) is 3. The highest BCUT2D eigenvalue weighted by atomic mass is 16.5. The summed E-state index contributed by atoms with van der Waals surface area (Å²) in [4.78, 5) is 2.42. The lowest BCUT2D eigenvalue weighted by Gasteiger charge is -2.33. The van der Waals surface area contributed by atoms with Gasteiger partial charge >= 0.3 is 0 Å². The van der Waals surface area contributed by atoms with Gasteiger partial charge in [-0.1, -0.05) is 13.8 Å². The summed E-state index contributed by atoms with van der Waals surface area (Å²) in [5.41, 5.74) is 0. The molecule has 3 nitrogen and oxygen atoms in total. The van der Waals surface area contributed by atoms with Crippen molar-refractivity contribution >= 4 is 0 Å². The molecule has 0 aliphatic heterocycles. The van der Waals surface area contributed by atoms with Crippen LogP contribution in [0.5, 0.6) is 0 Å². The van der Waals surface area contributed by atoms with E-state index < -0.39 is 0 Å². The normalized spacial score (nSPS) is 16.0. The molecular formula is C12H28N2O. The molecule has 0 saturated heterocycles. The maximum Gasteiger partial charge on any atom is 0.0630 e. The molecule has 0 saturated carbocycles. The Morgan fingerprint density at radius 2 is 1.87 bits per heavy atom. The first kappa shape index (κ1) is 14.9. The second-order valence-corrected chi connectivity index (χ2v) is 4.81. The summed E-state index contributed by atoms with van der Waals surface area (Å²) >= 11 is 0. The van der Waals surface area contributed by atoms with Crippen molar-refractivity contribution in [2.75, 3.05) is 34.4 Å². The third-order valence-corrected chi connectivity index (χ3v) is 2.88. The second kappa shape index (κ2) is 8.08. The number of nitrogens with zero attached hydrogens (tertiary/aromatic N) is 1. The maximum atomic E-state index is 5.25. The molecule has 15 heavy (non-hydrogen) atoms. The molecule has 2 unspecified atom stereocenters. The summed E-state index contributed by atoms with van der Waals surface area (Å²) < 4.78 is 5.25. The first-order valence-corrected chi connectivity index (χ1v) is 5.88. The second-order valence-electron chi connectivity index (χ2n) is 4.81. The van der Waals surface area contributed by atoms with Gasteiger partial charge in [0.15, 0.2) is 0 Å². The van der Waals surface area contributed by atoms with Crippen molar-refractivity contribution < 1.29 is 4.74 Å². The van der Waals surface area contributed by atoms with Crippen LogP contribution in [0.3, 0.4) is 0 Å². The molecule has 0 heterocycles. The number of nitrogens with one attached hydrogen (secondary N) is 1. The standard InChI is InChI=1S/C12H28N2O/c1-10(2)7-11(3)14(5)12(8-13-4)9-15-6/h10-13H,7-9H2,1-6H3. The topological polar surface area (TPSA) is 24.5 Å². The molecule has 0 aliphatic carbocycles. The van der Waals surface area contributed by atoms with E-state index >= 15 is 0 Å². The molecule has 0 bridgehead atoms. The molecule has 0 fully saturated rings. The van der Waals surface area contributed by atoms with Crippen molar-refractivity contribution in [2.45, 2.75) is 39.3 Å². The Balaban J connectivity index is 4.14. The average Bonchev–Trinajstić information content (AvgIpc) is 2.15. The Morgan fingerprint density at radius 3 is 2.27 bits per heavy atom. The van der Waals surface area contributed by atoms with Gasteiger partial charge in [-0.05, 0) is 33.4 Å². The lowest BCUT2D eigenvalue weighted by molar-refractivity contribution is 0.0787. The smallest absolute Gasteiger partial charge is 0.0630 e. The summed E-state index contributed by atoms with van der Waals surface area (Å²) in [6.45, 7) is 8.60. The Kier molecular flexibility index (Phi) is 8.02. The van der Waals surface area contributed by atoms with Gasteiger partial charge in [-0.25, -0.2) is 0 Å². The highest BCUT2D eigenvalue weighted by Crippen LogP contribution is 2.12. The van der Waals surface area contributed by atoms with E-state index in [0.717, 1.165) is 19.1 Å². The van der Waals surface area contributed by atoms with Gasteiger partial charge in [-0.15, -0.1) is 0 Å². The summed E-state index contributed by atoms with van der Waals surface area (Å²) in [5.74, 6) is 0.750. The summed E-state index contributed by atoms with van der Waals surface area (Å²) in [5, 5.41) is 3.22. The largest absolute Gasteiger partial charge is 0.383 e. The van der Waals surface area contributed by atoms with Crippen LogP contribution >= 0.6 is 0 Å². The lowest BCUT2D eigenvalue weighted by Crippen LogP contribution is -2.46. The Labute approximate surface area is 95.2 Å². The molecule has 2 atom stereocenters. The van der Waals surface area contributed by atoms with Gasteiger partial charge in [0.2, 0.25) is 0 Å². The predicted molar refractivity (Wildman–Crippen MR) is 66.3 cm³/mol. The van der Waals surface area contributed by atoms with Crippen LogP contribution in [0.2, 0.25) is 0 Å². The van der Waals surface area contributed by atoms with Crippen molar-refractivity contribution in [1.82, 2.24) is 10.2 Å². The predicted octanol–water partition coefficient (Wildman–Crippen LogP) is 1.59. The quantitative estimate of drug-likeness (QED) is 0.667. The molecule has 0 rings (SSSR count). The molecule has 0 aliphatic rings. The number of ether oxygens (including phenoxy) is 1. The number of methoxy groups -OCH3 is 1. The Morgan fingerprint density at radius 1 is 1.27 bits per heavy atom. The lowest BCUT2D eigenvalue weighted by atomic mass is 10.0. The van der Waals surface area contributed by atoms with Crippen LogP contribution in [0.15, 0.2) is 0 Å². The minimum Gasteiger partial charge on any atom is -0.383 e. The molecule has 1 N–H and O–H groups in total. The van der Waals surface area contributed by atoms with Gasteiger partial charge in [0, 0.05) is 25.7 Å². The van der Waals surface area contributed by atoms with Crippen molar-refractivity contribution in [2.24, 2.45) is 5.92 Å². The summed E-state index contributed by atoms with van der Waals surface area (Å²) in [6.07, 6.45) is 1.24. The molecule has 0 spiro atoms. The van der Waals surface area contributed by atoms with Crippen LogP contribution in [0.1, 0.15) is 27.2 Å². The van der Waals surface area contributed by atoms with Gasteiger partial charge in [-0.2, -0.15) is 0 Å². The zero-order valence-corrected chi connectivity index (χ0v) is 11.2. The first-order valence-electron chi connectivity index (χ1n) is 5.88. The van der Waals surface area contributed by atoms with Crippen molar-refractivity contribution in [3.8, 4) is 0 Å². The molecule has 0 aromatic rings. The zero-order chi connectivity index (χ0) is 11.8. The Bertz CT molecular complexity index is 145.